The third-order valence-corrected chi connectivity index (χ3v) is 4.70. The van der Waals surface area contributed by atoms with Crippen LogP contribution in [-0.2, 0) is 11.2 Å². The van der Waals surface area contributed by atoms with Crippen LogP contribution in [0.3, 0.4) is 0 Å². The predicted octanol–water partition coefficient (Wildman–Crippen LogP) is 4.94. The molecule has 0 unspecified atom stereocenters. The van der Waals surface area contributed by atoms with Gasteiger partial charge >= 0.3 is 0 Å². The number of aromatic amines is 1. The zero-order chi connectivity index (χ0) is 19.1. The van der Waals surface area contributed by atoms with Crippen molar-refractivity contribution in [3.8, 4) is 0 Å². The van der Waals surface area contributed by atoms with E-state index in [0.717, 1.165) is 41.8 Å². The number of halogens is 2. The van der Waals surface area contributed by atoms with Crippen molar-refractivity contribution in [2.45, 2.75) is 19.3 Å². The maximum Gasteiger partial charge on any atom is 0.243 e. The third kappa shape index (κ3) is 5.59. The quantitative estimate of drug-likeness (QED) is 0.510. The number of nitrogens with one attached hydrogen (secondary N) is 2. The second-order valence-corrected chi connectivity index (χ2v) is 6.94. The maximum atomic E-state index is 12.1. The summed E-state index contributed by atoms with van der Waals surface area (Å²) in [5.41, 5.74) is 2.84. The number of carbonyl (C=O) groups excluding carboxylic acids is 1. The Bertz CT molecular complexity index is 883. The SMILES string of the molecule is O=C(/C=C/C1=C(c2ccc(Cl)cc2Cl)C=CC[CH]1)NCCCc1ncc[nH]1. The summed E-state index contributed by atoms with van der Waals surface area (Å²) in [5.74, 6) is 0.810. The van der Waals surface area contributed by atoms with E-state index in [1.54, 1.807) is 24.5 Å². The number of carbonyl (C=O) groups is 1. The standard InChI is InChI=1S/C21H20Cl2N3O/c22-16-8-9-18(19(23)14-16)17-5-2-1-4-15(17)7-10-21(27)26-11-3-6-20-24-12-13-25-20/h2,4-5,7-10,12-14H,1,3,6,11H2,(H,24,25)(H,26,27)/b10-7+. The summed E-state index contributed by atoms with van der Waals surface area (Å²) in [5, 5.41) is 4.08. The Kier molecular flexibility index (Phi) is 6.91. The molecule has 27 heavy (non-hydrogen) atoms. The lowest BCUT2D eigenvalue weighted by molar-refractivity contribution is -0.116. The molecule has 0 saturated carbocycles. The first-order valence-electron chi connectivity index (χ1n) is 8.77. The van der Waals surface area contributed by atoms with E-state index in [1.807, 2.05) is 24.3 Å². The van der Waals surface area contributed by atoms with Gasteiger partial charge in [0.1, 0.15) is 5.82 Å². The second kappa shape index (κ2) is 9.58. The Balaban J connectivity index is 1.61. The fourth-order valence-electron chi connectivity index (χ4n) is 2.82. The number of imidazole rings is 1. The smallest absolute Gasteiger partial charge is 0.243 e. The van der Waals surface area contributed by atoms with Crippen LogP contribution in [0.4, 0.5) is 0 Å². The molecule has 0 atom stereocenters. The first-order valence-corrected chi connectivity index (χ1v) is 9.52. The lowest BCUT2D eigenvalue weighted by atomic mass is 9.92. The molecular weight excluding hydrogens is 381 g/mol. The minimum atomic E-state index is -0.119. The molecule has 1 aromatic carbocycles. The van der Waals surface area contributed by atoms with Crippen molar-refractivity contribution in [1.29, 1.82) is 0 Å². The van der Waals surface area contributed by atoms with E-state index in [1.165, 1.54) is 0 Å². The van der Waals surface area contributed by atoms with Crippen LogP contribution >= 0.6 is 23.2 Å². The van der Waals surface area contributed by atoms with Crippen LogP contribution in [-0.4, -0.2) is 22.4 Å². The van der Waals surface area contributed by atoms with Gasteiger partial charge < -0.3 is 10.3 Å². The summed E-state index contributed by atoms with van der Waals surface area (Å²) in [6, 6.07) is 5.43. The zero-order valence-electron chi connectivity index (χ0n) is 14.7. The number of allylic oxidation sites excluding steroid dienone is 5. The van der Waals surface area contributed by atoms with Gasteiger partial charge in [0.25, 0.3) is 0 Å². The highest BCUT2D eigenvalue weighted by Gasteiger charge is 2.12. The normalized spacial score (nSPS) is 14.1. The Morgan fingerprint density at radius 3 is 3.00 bits per heavy atom. The molecule has 6 heteroatoms. The summed E-state index contributed by atoms with van der Waals surface area (Å²) < 4.78 is 0. The molecule has 139 valence electrons. The average molecular weight is 401 g/mol. The number of aromatic nitrogens is 2. The molecule has 2 N–H and O–H groups in total. The highest BCUT2D eigenvalue weighted by atomic mass is 35.5. The minimum absolute atomic E-state index is 0.119. The Morgan fingerprint density at radius 2 is 2.22 bits per heavy atom. The van der Waals surface area contributed by atoms with Crippen molar-refractivity contribution in [1.82, 2.24) is 15.3 Å². The van der Waals surface area contributed by atoms with Gasteiger partial charge in [0, 0.05) is 47.0 Å². The number of rotatable bonds is 7. The lowest BCUT2D eigenvalue weighted by Crippen LogP contribution is -2.22. The molecule has 0 aliphatic heterocycles. The van der Waals surface area contributed by atoms with Crippen LogP contribution < -0.4 is 5.32 Å². The summed E-state index contributed by atoms with van der Waals surface area (Å²) in [6.07, 6.45) is 15.5. The van der Waals surface area contributed by atoms with Crippen molar-refractivity contribution in [2.24, 2.45) is 0 Å². The summed E-state index contributed by atoms with van der Waals surface area (Å²) in [7, 11) is 0. The molecule has 0 spiro atoms. The molecule has 0 saturated heterocycles. The van der Waals surface area contributed by atoms with E-state index < -0.39 is 0 Å². The molecule has 4 nitrogen and oxygen atoms in total. The van der Waals surface area contributed by atoms with Gasteiger partial charge in [-0.2, -0.15) is 0 Å². The number of nitrogens with zero attached hydrogens (tertiary/aromatic N) is 1. The summed E-state index contributed by atoms with van der Waals surface area (Å²) >= 11 is 12.3. The van der Waals surface area contributed by atoms with Crippen molar-refractivity contribution >= 4 is 34.7 Å². The summed E-state index contributed by atoms with van der Waals surface area (Å²) in [6.45, 7) is 0.600. The zero-order valence-corrected chi connectivity index (χ0v) is 16.2. The van der Waals surface area contributed by atoms with Crippen molar-refractivity contribution in [3.05, 3.63) is 88.3 Å². The van der Waals surface area contributed by atoms with Crippen molar-refractivity contribution in [2.75, 3.05) is 6.54 Å². The van der Waals surface area contributed by atoms with E-state index >= 15 is 0 Å². The van der Waals surface area contributed by atoms with Gasteiger partial charge in [-0.15, -0.1) is 0 Å². The van der Waals surface area contributed by atoms with Gasteiger partial charge in [0.2, 0.25) is 5.91 Å². The minimum Gasteiger partial charge on any atom is -0.353 e. The lowest BCUT2D eigenvalue weighted by Gasteiger charge is -2.15. The van der Waals surface area contributed by atoms with Crippen molar-refractivity contribution < 1.29 is 4.79 Å². The van der Waals surface area contributed by atoms with E-state index in [9.17, 15) is 4.79 Å². The molecule has 0 fully saturated rings. The van der Waals surface area contributed by atoms with Crippen LogP contribution in [0, 0.1) is 6.42 Å². The van der Waals surface area contributed by atoms with Crippen LogP contribution in [0.1, 0.15) is 24.2 Å². The van der Waals surface area contributed by atoms with Crippen LogP contribution in [0.5, 0.6) is 0 Å². The molecule has 1 amide bonds. The van der Waals surface area contributed by atoms with E-state index in [4.69, 9.17) is 23.2 Å². The van der Waals surface area contributed by atoms with Gasteiger partial charge in [-0.3, -0.25) is 4.79 Å². The number of aryl methyl sites for hydroxylation is 1. The second-order valence-electron chi connectivity index (χ2n) is 6.10. The average Bonchev–Trinajstić information content (AvgIpc) is 3.17. The number of benzene rings is 1. The third-order valence-electron chi connectivity index (χ3n) is 4.15. The topological polar surface area (TPSA) is 57.8 Å². The molecule has 2 aromatic rings. The number of H-pyrrole nitrogens is 1. The van der Waals surface area contributed by atoms with Gasteiger partial charge in [-0.05, 0) is 42.5 Å². The molecule has 1 heterocycles. The van der Waals surface area contributed by atoms with E-state index in [2.05, 4.69) is 27.8 Å². The monoisotopic (exact) mass is 400 g/mol. The Hall–Kier alpha value is -2.30. The van der Waals surface area contributed by atoms with E-state index in [0.29, 0.717) is 16.6 Å². The number of hydrogen-bond acceptors (Lipinski definition) is 2. The van der Waals surface area contributed by atoms with Crippen LogP contribution in [0.15, 0.2) is 60.5 Å². The highest BCUT2D eigenvalue weighted by Crippen LogP contribution is 2.33. The van der Waals surface area contributed by atoms with Gasteiger partial charge in [0.05, 0.1) is 0 Å². The van der Waals surface area contributed by atoms with Crippen LogP contribution in [0.25, 0.3) is 5.57 Å². The molecule has 1 radical (unpaired) electrons. The fourth-order valence-corrected chi connectivity index (χ4v) is 3.33. The number of hydrogen-bond donors (Lipinski definition) is 2. The van der Waals surface area contributed by atoms with Crippen molar-refractivity contribution in [3.63, 3.8) is 0 Å². The fraction of sp³-hybridized carbons (Fsp3) is 0.190. The molecule has 0 bridgehead atoms. The molecular formula is C21H20Cl2N3O. The predicted molar refractivity (Wildman–Crippen MR) is 110 cm³/mol. The van der Waals surface area contributed by atoms with Gasteiger partial charge in [-0.1, -0.05) is 47.5 Å². The van der Waals surface area contributed by atoms with Gasteiger partial charge in [0.15, 0.2) is 0 Å². The Morgan fingerprint density at radius 1 is 1.33 bits per heavy atom. The Labute approximate surface area is 169 Å². The van der Waals surface area contributed by atoms with Crippen LogP contribution in [0.2, 0.25) is 10.0 Å². The first-order chi connectivity index (χ1) is 13.1. The molecule has 1 aliphatic rings. The molecule has 1 aromatic heterocycles. The first kappa shape index (κ1) is 19.5. The molecule has 3 rings (SSSR count). The summed E-state index contributed by atoms with van der Waals surface area (Å²) in [4.78, 5) is 19.3. The van der Waals surface area contributed by atoms with Gasteiger partial charge in [-0.25, -0.2) is 4.98 Å². The molecule has 1 aliphatic carbocycles. The maximum absolute atomic E-state index is 12.1. The van der Waals surface area contributed by atoms with E-state index in [-0.39, 0.29) is 5.91 Å². The largest absolute Gasteiger partial charge is 0.353 e. The number of amides is 1. The highest BCUT2D eigenvalue weighted by molar-refractivity contribution is 6.35.